The Balaban J connectivity index is 1.88. The Labute approximate surface area is 176 Å². The van der Waals surface area contributed by atoms with Crippen LogP contribution in [0.15, 0.2) is 71.9 Å². The van der Waals surface area contributed by atoms with Gasteiger partial charge in [-0.3, -0.25) is 4.98 Å². The molecule has 0 unspecified atom stereocenters. The van der Waals surface area contributed by atoms with Crippen LogP contribution in [0.3, 0.4) is 0 Å². The van der Waals surface area contributed by atoms with E-state index in [0.717, 1.165) is 21.7 Å². The number of hydrogen-bond donors (Lipinski definition) is 0. The molecule has 2 aromatic carbocycles. The summed E-state index contributed by atoms with van der Waals surface area (Å²) in [4.78, 5) is 9.93. The number of rotatable bonds is 4. The molecule has 29 heavy (non-hydrogen) atoms. The first-order valence-corrected chi connectivity index (χ1v) is 11.6. The minimum atomic E-state index is -3.28. The zero-order valence-corrected chi connectivity index (χ0v) is 17.5. The number of pyridine rings is 1. The Bertz CT molecular complexity index is 1290. The summed E-state index contributed by atoms with van der Waals surface area (Å²) in [5.74, 6) is -0.488. The van der Waals surface area contributed by atoms with Crippen LogP contribution in [0.2, 0.25) is 5.02 Å². The molecule has 0 radical (unpaired) electrons. The van der Waals surface area contributed by atoms with Crippen molar-refractivity contribution in [1.82, 2.24) is 9.97 Å². The summed E-state index contributed by atoms with van der Waals surface area (Å²) in [7, 11) is -3.28. The maximum Gasteiger partial charge on any atom is 0.175 e. The van der Waals surface area contributed by atoms with Gasteiger partial charge in [0.05, 0.1) is 20.5 Å². The monoisotopic (exact) mass is 444 g/mol. The highest BCUT2D eigenvalue weighted by atomic mass is 35.5. The van der Waals surface area contributed by atoms with Crippen molar-refractivity contribution in [2.75, 3.05) is 6.26 Å². The van der Waals surface area contributed by atoms with Crippen LogP contribution >= 0.6 is 22.9 Å². The van der Waals surface area contributed by atoms with E-state index in [1.165, 1.54) is 23.7 Å². The van der Waals surface area contributed by atoms with Crippen molar-refractivity contribution >= 4 is 32.8 Å². The lowest BCUT2D eigenvalue weighted by Gasteiger charge is -2.04. The normalized spacial score (nSPS) is 11.6. The highest BCUT2D eigenvalue weighted by molar-refractivity contribution is 7.90. The molecule has 0 fully saturated rings. The average molecular weight is 445 g/mol. The summed E-state index contributed by atoms with van der Waals surface area (Å²) >= 11 is 7.37. The number of halogens is 2. The lowest BCUT2D eigenvalue weighted by molar-refractivity contribution is 0.602. The maximum atomic E-state index is 13.6. The van der Waals surface area contributed by atoms with E-state index in [0.29, 0.717) is 10.6 Å². The first kappa shape index (κ1) is 19.7. The molecule has 2 aromatic heterocycles. The van der Waals surface area contributed by atoms with Gasteiger partial charge < -0.3 is 0 Å². The molecule has 4 nitrogen and oxygen atoms in total. The van der Waals surface area contributed by atoms with Gasteiger partial charge in [0.2, 0.25) is 0 Å². The average Bonchev–Trinajstić information content (AvgIpc) is 3.16. The molecule has 0 aliphatic rings. The van der Waals surface area contributed by atoms with Gasteiger partial charge in [-0.05, 0) is 48.0 Å². The number of benzene rings is 2. The zero-order chi connectivity index (χ0) is 20.6. The van der Waals surface area contributed by atoms with Crippen molar-refractivity contribution in [3.63, 3.8) is 0 Å². The van der Waals surface area contributed by atoms with E-state index < -0.39 is 15.7 Å². The molecule has 0 atom stereocenters. The molecular formula is C21H14ClFN2O2S2. The van der Waals surface area contributed by atoms with Crippen LogP contribution in [0.25, 0.3) is 32.3 Å². The van der Waals surface area contributed by atoms with Gasteiger partial charge in [0.25, 0.3) is 0 Å². The first-order valence-electron chi connectivity index (χ1n) is 8.50. The van der Waals surface area contributed by atoms with Crippen molar-refractivity contribution in [3.05, 3.63) is 77.8 Å². The predicted molar refractivity (Wildman–Crippen MR) is 114 cm³/mol. The van der Waals surface area contributed by atoms with E-state index in [9.17, 15) is 12.8 Å². The van der Waals surface area contributed by atoms with Crippen LogP contribution in [0.5, 0.6) is 0 Å². The van der Waals surface area contributed by atoms with Gasteiger partial charge in [-0.1, -0.05) is 23.7 Å². The van der Waals surface area contributed by atoms with Crippen LogP contribution in [0.1, 0.15) is 0 Å². The van der Waals surface area contributed by atoms with Crippen molar-refractivity contribution < 1.29 is 12.8 Å². The Morgan fingerprint density at radius 3 is 2.21 bits per heavy atom. The Morgan fingerprint density at radius 2 is 1.59 bits per heavy atom. The Morgan fingerprint density at radius 1 is 0.931 bits per heavy atom. The number of nitrogens with zero attached hydrogens (tertiary/aromatic N) is 2. The fourth-order valence-corrected chi connectivity index (χ4v) is 4.73. The molecule has 0 bridgehead atoms. The third kappa shape index (κ3) is 4.07. The minimum Gasteiger partial charge on any atom is -0.265 e. The Kier molecular flexibility index (Phi) is 5.21. The lowest BCUT2D eigenvalue weighted by atomic mass is 10.1. The van der Waals surface area contributed by atoms with Crippen LogP contribution in [0.4, 0.5) is 4.39 Å². The van der Waals surface area contributed by atoms with Gasteiger partial charge >= 0.3 is 0 Å². The number of thiazole rings is 1. The topological polar surface area (TPSA) is 59.9 Å². The number of hydrogen-bond acceptors (Lipinski definition) is 5. The summed E-state index contributed by atoms with van der Waals surface area (Å²) in [6.45, 7) is 0. The second-order valence-electron chi connectivity index (χ2n) is 6.36. The molecule has 4 rings (SSSR count). The standard InChI is InChI=1S/C21H14ClFN2O2S2/c1-29(26,27)16-5-2-14(3-6-16)20-19(13-8-10-24-11-9-13)25-21(28-20)15-4-7-18(23)17(22)12-15/h2-12H,1H3. The van der Waals surface area contributed by atoms with E-state index in [4.69, 9.17) is 16.6 Å². The van der Waals surface area contributed by atoms with E-state index in [1.54, 1.807) is 48.8 Å². The van der Waals surface area contributed by atoms with Crippen LogP contribution < -0.4 is 0 Å². The third-order valence-electron chi connectivity index (χ3n) is 4.29. The van der Waals surface area contributed by atoms with E-state index in [-0.39, 0.29) is 9.92 Å². The van der Waals surface area contributed by atoms with Crippen LogP contribution in [0, 0.1) is 5.82 Å². The van der Waals surface area contributed by atoms with Crippen LogP contribution in [-0.4, -0.2) is 24.6 Å². The smallest absolute Gasteiger partial charge is 0.175 e. The highest BCUT2D eigenvalue weighted by Gasteiger charge is 2.17. The fourth-order valence-electron chi connectivity index (χ4n) is 2.83. The Hall–Kier alpha value is -2.61. The molecule has 0 spiro atoms. The van der Waals surface area contributed by atoms with E-state index in [1.807, 2.05) is 12.1 Å². The molecule has 0 N–H and O–H groups in total. The maximum absolute atomic E-state index is 13.6. The number of sulfone groups is 1. The second kappa shape index (κ2) is 7.67. The van der Waals surface area contributed by atoms with Gasteiger partial charge in [-0.2, -0.15) is 0 Å². The largest absolute Gasteiger partial charge is 0.265 e. The predicted octanol–water partition coefficient (Wildman–Crippen LogP) is 5.74. The summed E-state index contributed by atoms with van der Waals surface area (Å²) in [5.41, 5.74) is 3.15. The molecule has 4 aromatic rings. The summed E-state index contributed by atoms with van der Waals surface area (Å²) in [6, 6.07) is 14.9. The quantitative estimate of drug-likeness (QED) is 0.403. The van der Waals surface area contributed by atoms with E-state index >= 15 is 0 Å². The molecule has 8 heteroatoms. The summed E-state index contributed by atoms with van der Waals surface area (Å²) < 4.78 is 37.1. The fraction of sp³-hybridized carbons (Fsp3) is 0.0476. The van der Waals surface area contributed by atoms with Gasteiger partial charge in [0.15, 0.2) is 9.84 Å². The van der Waals surface area contributed by atoms with Crippen molar-refractivity contribution in [2.45, 2.75) is 4.90 Å². The van der Waals surface area contributed by atoms with Crippen LogP contribution in [-0.2, 0) is 9.84 Å². The molecular weight excluding hydrogens is 431 g/mol. The SMILES string of the molecule is CS(=O)(=O)c1ccc(-c2sc(-c3ccc(F)c(Cl)c3)nc2-c2ccncc2)cc1. The van der Waals surface area contributed by atoms with Gasteiger partial charge in [0, 0.05) is 29.8 Å². The van der Waals surface area contributed by atoms with Gasteiger partial charge in [0.1, 0.15) is 10.8 Å². The molecule has 0 aliphatic carbocycles. The molecule has 2 heterocycles. The molecule has 0 aliphatic heterocycles. The van der Waals surface area contributed by atoms with Crippen molar-refractivity contribution in [3.8, 4) is 32.3 Å². The summed E-state index contributed by atoms with van der Waals surface area (Å²) in [5, 5.41) is 0.711. The van der Waals surface area contributed by atoms with Crippen molar-refractivity contribution in [2.24, 2.45) is 0 Å². The lowest BCUT2D eigenvalue weighted by Crippen LogP contribution is -1.96. The molecule has 0 saturated carbocycles. The third-order valence-corrected chi connectivity index (χ3v) is 6.86. The summed E-state index contributed by atoms with van der Waals surface area (Å²) in [6.07, 6.45) is 4.53. The minimum absolute atomic E-state index is 0.0298. The van der Waals surface area contributed by atoms with Gasteiger partial charge in [-0.25, -0.2) is 17.8 Å². The molecule has 0 saturated heterocycles. The molecule has 146 valence electrons. The second-order valence-corrected chi connectivity index (χ2v) is 9.78. The molecule has 0 amide bonds. The van der Waals surface area contributed by atoms with Crippen molar-refractivity contribution in [1.29, 1.82) is 0 Å². The van der Waals surface area contributed by atoms with Gasteiger partial charge in [-0.15, -0.1) is 11.3 Å². The number of aromatic nitrogens is 2. The first-order chi connectivity index (χ1) is 13.8. The van der Waals surface area contributed by atoms with E-state index in [2.05, 4.69) is 4.98 Å². The zero-order valence-electron chi connectivity index (χ0n) is 15.1. The highest BCUT2D eigenvalue weighted by Crippen LogP contribution is 2.41.